The van der Waals surface area contributed by atoms with Crippen molar-refractivity contribution in [1.29, 1.82) is 5.41 Å². The highest BCUT2D eigenvalue weighted by Gasteiger charge is 2.55. The van der Waals surface area contributed by atoms with Crippen molar-refractivity contribution >= 4 is 63.1 Å². The molecule has 2 atom stereocenters. The number of nitrogens with zero attached hydrogens (tertiary/aromatic N) is 5. The number of carbonyl (C=O) groups excluding carboxylic acids is 2. The van der Waals surface area contributed by atoms with Gasteiger partial charge < -0.3 is 31.3 Å². The fraction of sp³-hybridized carbons (Fsp3) is 0.286. The number of carboxylic acids is 1. The molecule has 2 aromatic heterocycles. The summed E-state index contributed by atoms with van der Waals surface area (Å²) in [5, 5.41) is 25.7. The molecular formula is C21H23N9O5S2. The lowest BCUT2D eigenvalue weighted by Gasteiger charge is -2.49. The van der Waals surface area contributed by atoms with Gasteiger partial charge in [0.2, 0.25) is 0 Å². The average molecular weight is 546 g/mol. The number of thiazole rings is 1. The van der Waals surface area contributed by atoms with Gasteiger partial charge in [0.1, 0.15) is 46.5 Å². The van der Waals surface area contributed by atoms with Crippen molar-refractivity contribution in [3.8, 4) is 0 Å². The second-order valence-electron chi connectivity index (χ2n) is 7.72. The normalized spacial score (nSPS) is 19.2. The predicted molar refractivity (Wildman–Crippen MR) is 137 cm³/mol. The molecular weight excluding hydrogens is 522 g/mol. The van der Waals surface area contributed by atoms with Crippen molar-refractivity contribution < 1.29 is 24.3 Å². The number of hydrogen-bond donors (Lipinski definition) is 5. The maximum atomic E-state index is 13.1. The van der Waals surface area contributed by atoms with Crippen molar-refractivity contribution in [2.45, 2.75) is 24.9 Å². The highest BCUT2D eigenvalue weighted by Crippen LogP contribution is 2.43. The Hall–Kier alpha value is -4.18. The fourth-order valence-corrected chi connectivity index (χ4v) is 5.74. The van der Waals surface area contributed by atoms with Crippen LogP contribution < -0.4 is 22.3 Å². The van der Waals surface area contributed by atoms with E-state index in [2.05, 4.69) is 27.0 Å². The molecule has 0 radical (unpaired) electrons. The van der Waals surface area contributed by atoms with E-state index in [0.29, 0.717) is 6.54 Å². The zero-order valence-electron chi connectivity index (χ0n) is 19.5. The summed E-state index contributed by atoms with van der Waals surface area (Å²) in [7, 11) is 0. The molecule has 2 aliphatic heterocycles. The molecule has 2 aromatic rings. The van der Waals surface area contributed by atoms with Crippen LogP contribution in [0.5, 0.6) is 0 Å². The fourth-order valence-electron chi connectivity index (χ4n) is 3.85. The number of rotatable bonds is 9. The van der Waals surface area contributed by atoms with Gasteiger partial charge in [-0.2, -0.15) is 0 Å². The van der Waals surface area contributed by atoms with Crippen LogP contribution in [0.4, 0.5) is 10.9 Å². The molecule has 16 heteroatoms. The third kappa shape index (κ3) is 4.79. The van der Waals surface area contributed by atoms with E-state index < -0.39 is 29.2 Å². The second kappa shape index (κ2) is 10.4. The van der Waals surface area contributed by atoms with Gasteiger partial charge in [0.05, 0.1) is 0 Å². The minimum absolute atomic E-state index is 0.0381. The number of carbonyl (C=O) groups is 3. The molecule has 194 valence electrons. The molecule has 7 N–H and O–H groups in total. The van der Waals surface area contributed by atoms with E-state index in [1.807, 2.05) is 0 Å². The number of amides is 2. The van der Waals surface area contributed by atoms with Gasteiger partial charge in [-0.25, -0.2) is 14.8 Å². The summed E-state index contributed by atoms with van der Waals surface area (Å²) in [6.07, 6.45) is 1.44. The highest BCUT2D eigenvalue weighted by molar-refractivity contribution is 8.00. The molecule has 0 spiro atoms. The number of nitrogens with one attached hydrogen (secondary N) is 2. The van der Waals surface area contributed by atoms with E-state index in [0.717, 1.165) is 16.2 Å². The number of thioether (sulfide) groups is 1. The maximum Gasteiger partial charge on any atom is 0.353 e. The van der Waals surface area contributed by atoms with Gasteiger partial charge >= 0.3 is 5.97 Å². The Kier molecular flexibility index (Phi) is 7.30. The van der Waals surface area contributed by atoms with Gasteiger partial charge in [-0.05, 0) is 6.92 Å². The first-order valence-electron chi connectivity index (χ1n) is 10.8. The van der Waals surface area contributed by atoms with Crippen LogP contribution in [0, 0.1) is 5.41 Å². The standard InChI is InChI=1S/C21H23N9O5S2/c1-3-5-35-28-13(10-8-37-21(24)25-10)17(31)27-14-18(32)30-15(20(33)34)9(7-36-19(14)30)16-26-11(22)6-12(23)29(16)4-2/h3,6,8,14,19,23H,1,4-5,7,22H2,2H3,(H2,24,25)(H,27,31)(H,33,34)/b23-12?,28-13-/t14?,19-/m1/s1. The Morgan fingerprint density at radius 2 is 2.19 bits per heavy atom. The second-order valence-corrected chi connectivity index (χ2v) is 9.72. The molecule has 0 aromatic carbocycles. The number of aliphatic carboxylic acids is 1. The van der Waals surface area contributed by atoms with Gasteiger partial charge in [0.25, 0.3) is 11.8 Å². The van der Waals surface area contributed by atoms with Crippen LogP contribution in [0.3, 0.4) is 0 Å². The third-order valence-corrected chi connectivity index (χ3v) is 7.39. The SMILES string of the molecule is C=CCO/N=C(\C(=O)NC1C(=O)N2C(C(=O)O)=C(c3nc(N)cc(=N)n3CC)CS[C@H]12)c1csc(N)n1. The Morgan fingerprint density at radius 3 is 2.81 bits per heavy atom. The number of fused-ring (bicyclic) bond motifs is 1. The molecule has 0 bridgehead atoms. The number of carboxylic acid groups (broad SMARTS) is 1. The van der Waals surface area contributed by atoms with Crippen LogP contribution in [-0.2, 0) is 25.8 Å². The molecule has 1 fully saturated rings. The first-order valence-corrected chi connectivity index (χ1v) is 12.8. The smallest absolute Gasteiger partial charge is 0.353 e. The molecule has 2 amide bonds. The van der Waals surface area contributed by atoms with Crippen LogP contribution in [-0.4, -0.2) is 71.8 Å². The number of nitrogen functional groups attached to an aromatic ring is 2. The Labute approximate surface area is 218 Å². The number of β-lactam (4-membered cyclic amide) rings is 1. The van der Waals surface area contributed by atoms with Crippen molar-refractivity contribution in [2.24, 2.45) is 5.16 Å². The van der Waals surface area contributed by atoms with Crippen molar-refractivity contribution in [1.82, 2.24) is 24.8 Å². The van der Waals surface area contributed by atoms with Gasteiger partial charge in [-0.3, -0.25) is 19.9 Å². The molecule has 1 unspecified atom stereocenters. The number of nitrogens with two attached hydrogens (primary N) is 2. The van der Waals surface area contributed by atoms with E-state index in [1.54, 1.807) is 6.92 Å². The van der Waals surface area contributed by atoms with E-state index in [-0.39, 0.29) is 57.3 Å². The van der Waals surface area contributed by atoms with Crippen LogP contribution in [0.25, 0.3) is 5.57 Å². The third-order valence-electron chi connectivity index (χ3n) is 5.44. The summed E-state index contributed by atoms with van der Waals surface area (Å²) in [5.74, 6) is -2.28. The minimum Gasteiger partial charge on any atom is -0.477 e. The molecule has 0 saturated carbocycles. The lowest BCUT2D eigenvalue weighted by atomic mass is 10.0. The van der Waals surface area contributed by atoms with Gasteiger partial charge in [0.15, 0.2) is 10.8 Å². The maximum absolute atomic E-state index is 13.1. The van der Waals surface area contributed by atoms with Crippen LogP contribution in [0.1, 0.15) is 18.4 Å². The van der Waals surface area contributed by atoms with Crippen molar-refractivity contribution in [3.05, 3.63) is 46.8 Å². The lowest BCUT2D eigenvalue weighted by Crippen LogP contribution is -2.71. The van der Waals surface area contributed by atoms with E-state index in [9.17, 15) is 19.5 Å². The number of aromatic nitrogens is 3. The van der Waals surface area contributed by atoms with E-state index >= 15 is 0 Å². The summed E-state index contributed by atoms with van der Waals surface area (Å²) in [5.41, 5.74) is 11.5. The van der Waals surface area contributed by atoms with E-state index in [1.165, 1.54) is 33.9 Å². The predicted octanol–water partition coefficient (Wildman–Crippen LogP) is -0.194. The summed E-state index contributed by atoms with van der Waals surface area (Å²) in [6, 6.07) is 0.342. The number of anilines is 2. The molecule has 4 rings (SSSR count). The minimum atomic E-state index is -1.34. The van der Waals surface area contributed by atoms with Crippen LogP contribution in [0.2, 0.25) is 0 Å². The van der Waals surface area contributed by atoms with Crippen LogP contribution in [0.15, 0.2) is 35.0 Å². The Balaban J connectivity index is 1.64. The molecule has 0 aliphatic carbocycles. The van der Waals surface area contributed by atoms with Gasteiger partial charge in [-0.1, -0.05) is 17.8 Å². The molecule has 14 nitrogen and oxygen atoms in total. The van der Waals surface area contributed by atoms with Crippen molar-refractivity contribution in [2.75, 3.05) is 23.8 Å². The number of hydrogen-bond acceptors (Lipinski definition) is 12. The summed E-state index contributed by atoms with van der Waals surface area (Å²) in [4.78, 5) is 52.9. The monoisotopic (exact) mass is 545 g/mol. The first-order chi connectivity index (χ1) is 17.7. The van der Waals surface area contributed by atoms with Gasteiger partial charge in [0, 0.05) is 29.3 Å². The molecule has 1 saturated heterocycles. The summed E-state index contributed by atoms with van der Waals surface area (Å²) >= 11 is 2.35. The summed E-state index contributed by atoms with van der Waals surface area (Å²) in [6.45, 7) is 5.68. The van der Waals surface area contributed by atoms with Crippen molar-refractivity contribution in [3.63, 3.8) is 0 Å². The molecule has 37 heavy (non-hydrogen) atoms. The quantitative estimate of drug-likeness (QED) is 0.0919. The Morgan fingerprint density at radius 1 is 1.43 bits per heavy atom. The number of oxime groups is 1. The first kappa shape index (κ1) is 25.9. The van der Waals surface area contributed by atoms with Gasteiger partial charge in [-0.15, -0.1) is 23.1 Å². The average Bonchev–Trinajstić information content (AvgIpc) is 3.29. The zero-order chi connectivity index (χ0) is 26.9. The van der Waals surface area contributed by atoms with E-state index in [4.69, 9.17) is 21.7 Å². The highest BCUT2D eigenvalue weighted by atomic mass is 32.2. The molecule has 4 heterocycles. The largest absolute Gasteiger partial charge is 0.477 e. The Bertz CT molecular complexity index is 1410. The lowest BCUT2D eigenvalue weighted by molar-refractivity contribution is -0.149. The van der Waals surface area contributed by atoms with Crippen LogP contribution >= 0.6 is 23.1 Å². The summed E-state index contributed by atoms with van der Waals surface area (Å²) < 4.78 is 1.50. The topological polar surface area (TPSA) is 215 Å². The molecule has 2 aliphatic rings. The zero-order valence-corrected chi connectivity index (χ0v) is 21.1.